The summed E-state index contributed by atoms with van der Waals surface area (Å²) in [6.07, 6.45) is -4.54. The molecule has 8 nitrogen and oxygen atoms in total. The lowest BCUT2D eigenvalue weighted by Gasteiger charge is -2.29. The lowest BCUT2D eigenvalue weighted by molar-refractivity contribution is -0.106. The van der Waals surface area contributed by atoms with Crippen molar-refractivity contribution in [2.75, 3.05) is 13.2 Å². The van der Waals surface area contributed by atoms with Gasteiger partial charge < -0.3 is 24.4 Å². The van der Waals surface area contributed by atoms with Crippen molar-refractivity contribution < 1.29 is 38.8 Å². The predicted octanol–water partition coefficient (Wildman–Crippen LogP) is 2.65. The minimum Gasteiger partial charge on any atom is -0.459 e. The van der Waals surface area contributed by atoms with Crippen LogP contribution in [0.4, 0.5) is 0 Å². The molecule has 0 amide bonds. The van der Waals surface area contributed by atoms with Crippen molar-refractivity contribution in [1.82, 2.24) is 0 Å². The second kappa shape index (κ2) is 12.3. The Labute approximate surface area is 196 Å². The van der Waals surface area contributed by atoms with Gasteiger partial charge in [0.1, 0.15) is 12.7 Å². The topological polar surface area (TPSA) is 119 Å². The van der Waals surface area contributed by atoms with E-state index in [-0.39, 0.29) is 16.7 Å². The number of aliphatic hydroxyl groups excluding tert-OH is 2. The summed E-state index contributed by atoms with van der Waals surface area (Å²) in [4.78, 5) is 37.4. The van der Waals surface area contributed by atoms with Gasteiger partial charge in [-0.05, 0) is 36.4 Å². The fourth-order valence-corrected chi connectivity index (χ4v) is 3.07. The Morgan fingerprint density at radius 2 is 1.06 bits per heavy atom. The summed E-state index contributed by atoms with van der Waals surface area (Å²) in [7, 11) is 0. The van der Waals surface area contributed by atoms with Crippen LogP contribution in [0.3, 0.4) is 0 Å². The average molecular weight is 464 g/mol. The molecule has 0 unspecified atom stereocenters. The Bertz CT molecular complexity index is 1070. The third kappa shape index (κ3) is 6.74. The van der Waals surface area contributed by atoms with E-state index in [4.69, 9.17) is 14.2 Å². The van der Waals surface area contributed by atoms with Crippen LogP contribution in [0.2, 0.25) is 0 Å². The molecule has 0 aliphatic heterocycles. The maximum atomic E-state index is 12.6. The molecule has 34 heavy (non-hydrogen) atoms. The Morgan fingerprint density at radius 1 is 0.647 bits per heavy atom. The molecule has 0 spiro atoms. The molecule has 3 aromatic rings. The van der Waals surface area contributed by atoms with E-state index in [1.165, 1.54) is 24.3 Å². The fraction of sp³-hybridized carbons (Fsp3) is 0.192. The van der Waals surface area contributed by atoms with Gasteiger partial charge in [-0.1, -0.05) is 54.6 Å². The Kier molecular flexibility index (Phi) is 8.90. The predicted molar refractivity (Wildman–Crippen MR) is 121 cm³/mol. The second-order valence-electron chi connectivity index (χ2n) is 7.26. The van der Waals surface area contributed by atoms with Crippen molar-refractivity contribution in [3.05, 3.63) is 108 Å². The molecule has 0 radical (unpaired) electrons. The first-order chi connectivity index (χ1) is 16.5. The summed E-state index contributed by atoms with van der Waals surface area (Å²) in [5.74, 6) is -2.29. The normalized spacial score (nSPS) is 13.2. The fourth-order valence-electron chi connectivity index (χ4n) is 3.07. The molecule has 3 rings (SSSR count). The average Bonchev–Trinajstić information content (AvgIpc) is 2.90. The van der Waals surface area contributed by atoms with Gasteiger partial charge in [-0.3, -0.25) is 0 Å². The van der Waals surface area contributed by atoms with E-state index in [0.29, 0.717) is 0 Å². The highest BCUT2D eigenvalue weighted by Gasteiger charge is 2.36. The number of aliphatic hydroxyl groups is 2. The number of hydrogen-bond acceptors (Lipinski definition) is 8. The van der Waals surface area contributed by atoms with Crippen LogP contribution in [0.5, 0.6) is 0 Å². The highest BCUT2D eigenvalue weighted by Crippen LogP contribution is 2.16. The van der Waals surface area contributed by atoms with E-state index < -0.39 is 49.4 Å². The summed E-state index contributed by atoms with van der Waals surface area (Å²) >= 11 is 0. The molecule has 2 N–H and O–H groups in total. The molecule has 0 heterocycles. The van der Waals surface area contributed by atoms with Gasteiger partial charge in [0, 0.05) is 0 Å². The molecular weight excluding hydrogens is 440 g/mol. The monoisotopic (exact) mass is 464 g/mol. The summed E-state index contributed by atoms with van der Waals surface area (Å²) in [6.45, 7) is -1.32. The molecular formula is C26H24O8. The molecule has 176 valence electrons. The Morgan fingerprint density at radius 3 is 1.50 bits per heavy atom. The SMILES string of the molecule is O=C(OC[C@@H](O)[C@H](OC(=O)c1ccccc1)[C@H](CO)OC(=O)c1ccccc1)c1ccccc1. The number of hydrogen-bond donors (Lipinski definition) is 2. The van der Waals surface area contributed by atoms with Crippen molar-refractivity contribution in [2.24, 2.45) is 0 Å². The minimum absolute atomic E-state index is 0.187. The first-order valence-electron chi connectivity index (χ1n) is 10.5. The Balaban J connectivity index is 1.76. The van der Waals surface area contributed by atoms with Crippen LogP contribution in [0.15, 0.2) is 91.0 Å². The molecule has 3 aromatic carbocycles. The lowest BCUT2D eigenvalue weighted by Crippen LogP contribution is -2.47. The van der Waals surface area contributed by atoms with Crippen LogP contribution in [0, 0.1) is 0 Å². The third-order valence-electron chi connectivity index (χ3n) is 4.84. The molecule has 0 aliphatic rings. The second-order valence-corrected chi connectivity index (χ2v) is 7.26. The van der Waals surface area contributed by atoms with Gasteiger partial charge >= 0.3 is 17.9 Å². The van der Waals surface area contributed by atoms with Gasteiger partial charge in [0.15, 0.2) is 12.2 Å². The van der Waals surface area contributed by atoms with Crippen LogP contribution < -0.4 is 0 Å². The molecule has 0 aromatic heterocycles. The van der Waals surface area contributed by atoms with Crippen molar-refractivity contribution in [1.29, 1.82) is 0 Å². The van der Waals surface area contributed by atoms with Crippen molar-refractivity contribution in [3.8, 4) is 0 Å². The molecule has 0 bridgehead atoms. The van der Waals surface area contributed by atoms with E-state index in [2.05, 4.69) is 0 Å². The van der Waals surface area contributed by atoms with Gasteiger partial charge in [0.2, 0.25) is 0 Å². The summed E-state index contributed by atoms with van der Waals surface area (Å²) in [5.41, 5.74) is 0.660. The highest BCUT2D eigenvalue weighted by molar-refractivity contribution is 5.90. The molecule has 0 fully saturated rings. The number of ether oxygens (including phenoxy) is 3. The van der Waals surface area contributed by atoms with E-state index in [0.717, 1.165) is 0 Å². The maximum absolute atomic E-state index is 12.6. The molecule has 0 aliphatic carbocycles. The van der Waals surface area contributed by atoms with E-state index in [1.807, 2.05) is 0 Å². The highest BCUT2D eigenvalue weighted by atomic mass is 16.6. The van der Waals surface area contributed by atoms with Crippen LogP contribution in [0.1, 0.15) is 31.1 Å². The van der Waals surface area contributed by atoms with Crippen molar-refractivity contribution in [2.45, 2.75) is 18.3 Å². The van der Waals surface area contributed by atoms with Crippen molar-refractivity contribution >= 4 is 17.9 Å². The molecule has 0 saturated heterocycles. The number of benzene rings is 3. The smallest absolute Gasteiger partial charge is 0.338 e. The Hall–Kier alpha value is -4.01. The van der Waals surface area contributed by atoms with E-state index >= 15 is 0 Å². The number of carbonyl (C=O) groups excluding carboxylic acids is 3. The maximum Gasteiger partial charge on any atom is 0.338 e. The van der Waals surface area contributed by atoms with Crippen molar-refractivity contribution in [3.63, 3.8) is 0 Å². The van der Waals surface area contributed by atoms with Crippen LogP contribution in [-0.2, 0) is 14.2 Å². The molecule has 3 atom stereocenters. The first-order valence-corrected chi connectivity index (χ1v) is 10.5. The lowest BCUT2D eigenvalue weighted by atomic mass is 10.1. The zero-order valence-electron chi connectivity index (χ0n) is 18.2. The van der Waals surface area contributed by atoms with Gasteiger partial charge in [0.05, 0.1) is 23.3 Å². The standard InChI is InChI=1S/C26H24O8/c27-16-22(33-25(30)19-12-6-2-7-13-19)23(34-26(31)20-14-8-3-9-15-20)21(28)17-32-24(29)18-10-4-1-5-11-18/h1-15,21-23,27-28H,16-17H2/t21-,22+,23+/m1/s1. The summed E-state index contributed by atoms with van der Waals surface area (Å²) in [6, 6.07) is 24.1. The number of esters is 3. The zero-order valence-corrected chi connectivity index (χ0v) is 18.2. The zero-order chi connectivity index (χ0) is 24.3. The summed E-state index contributed by atoms with van der Waals surface area (Å²) in [5, 5.41) is 20.6. The number of rotatable bonds is 10. The van der Waals surface area contributed by atoms with Crippen LogP contribution >= 0.6 is 0 Å². The van der Waals surface area contributed by atoms with Crippen LogP contribution in [0.25, 0.3) is 0 Å². The summed E-state index contributed by atoms with van der Waals surface area (Å²) < 4.78 is 15.9. The largest absolute Gasteiger partial charge is 0.459 e. The van der Waals surface area contributed by atoms with Gasteiger partial charge in [-0.15, -0.1) is 0 Å². The first kappa shape index (κ1) is 24.6. The van der Waals surface area contributed by atoms with Gasteiger partial charge in [-0.2, -0.15) is 0 Å². The van der Waals surface area contributed by atoms with Gasteiger partial charge in [0.25, 0.3) is 0 Å². The van der Waals surface area contributed by atoms with Gasteiger partial charge in [-0.25, -0.2) is 14.4 Å². The quantitative estimate of drug-likeness (QED) is 0.347. The van der Waals surface area contributed by atoms with E-state index in [9.17, 15) is 24.6 Å². The number of carbonyl (C=O) groups is 3. The van der Waals surface area contributed by atoms with E-state index in [1.54, 1.807) is 66.7 Å². The minimum atomic E-state index is -1.60. The molecule has 0 saturated carbocycles. The molecule has 8 heteroatoms. The third-order valence-corrected chi connectivity index (χ3v) is 4.84. The van der Waals surface area contributed by atoms with Crippen LogP contribution in [-0.4, -0.2) is 59.6 Å².